The van der Waals surface area contributed by atoms with Crippen molar-refractivity contribution in [2.75, 3.05) is 19.4 Å². The Morgan fingerprint density at radius 2 is 2.00 bits per heavy atom. The van der Waals surface area contributed by atoms with Crippen LogP contribution >= 0.6 is 27.7 Å². The van der Waals surface area contributed by atoms with Crippen LogP contribution in [-0.2, 0) is 10.0 Å². The third kappa shape index (κ3) is 5.63. The van der Waals surface area contributed by atoms with Gasteiger partial charge in [-0.15, -0.1) is 0 Å². The largest absolute Gasteiger partial charge is 0.495 e. The van der Waals surface area contributed by atoms with Crippen LogP contribution in [0.5, 0.6) is 5.75 Å². The van der Waals surface area contributed by atoms with Crippen molar-refractivity contribution in [2.45, 2.75) is 30.4 Å². The molecule has 0 aliphatic carbocycles. The van der Waals surface area contributed by atoms with Crippen LogP contribution < -0.4 is 9.46 Å². The molecule has 0 bridgehead atoms. The van der Waals surface area contributed by atoms with E-state index in [9.17, 15) is 8.42 Å². The Bertz CT molecular complexity index is 553. The summed E-state index contributed by atoms with van der Waals surface area (Å²) in [5.41, 5.74) is 0. The third-order valence-corrected chi connectivity index (χ3v) is 5.59. The Morgan fingerprint density at radius 3 is 2.55 bits per heavy atom. The molecule has 20 heavy (non-hydrogen) atoms. The van der Waals surface area contributed by atoms with Crippen LogP contribution in [-0.4, -0.2) is 32.6 Å². The molecule has 0 aromatic heterocycles. The maximum absolute atomic E-state index is 12.3. The van der Waals surface area contributed by atoms with Gasteiger partial charge in [0, 0.05) is 21.5 Å². The number of hydrogen-bond donors (Lipinski definition) is 1. The molecule has 0 saturated heterocycles. The summed E-state index contributed by atoms with van der Waals surface area (Å²) in [5, 5.41) is 0. The molecule has 0 heterocycles. The van der Waals surface area contributed by atoms with Crippen LogP contribution in [0, 0.1) is 0 Å². The van der Waals surface area contributed by atoms with Crippen molar-refractivity contribution in [3.63, 3.8) is 0 Å². The molecule has 0 aliphatic heterocycles. The Kier molecular flexibility index (Phi) is 6.37. The second-order valence-electron chi connectivity index (χ2n) is 5.15. The minimum Gasteiger partial charge on any atom is -0.495 e. The van der Waals surface area contributed by atoms with Crippen molar-refractivity contribution in [2.24, 2.45) is 0 Å². The van der Waals surface area contributed by atoms with Gasteiger partial charge in [0.2, 0.25) is 10.0 Å². The normalized spacial score (nSPS) is 12.4. The first kappa shape index (κ1) is 17.8. The van der Waals surface area contributed by atoms with Crippen LogP contribution in [0.1, 0.15) is 20.8 Å². The van der Waals surface area contributed by atoms with Crippen molar-refractivity contribution >= 4 is 37.7 Å². The molecule has 0 radical (unpaired) electrons. The molecular weight excluding hydrogens is 362 g/mol. The Labute approximate surface area is 133 Å². The fourth-order valence-electron chi connectivity index (χ4n) is 1.47. The van der Waals surface area contributed by atoms with E-state index in [1.807, 2.05) is 0 Å². The minimum absolute atomic E-state index is 0.124. The van der Waals surface area contributed by atoms with E-state index < -0.39 is 10.0 Å². The van der Waals surface area contributed by atoms with Gasteiger partial charge in [0.1, 0.15) is 10.6 Å². The third-order valence-electron chi connectivity index (χ3n) is 2.34. The van der Waals surface area contributed by atoms with Gasteiger partial charge in [-0.1, -0.05) is 36.7 Å². The van der Waals surface area contributed by atoms with E-state index in [1.54, 1.807) is 23.9 Å². The molecule has 7 heteroatoms. The van der Waals surface area contributed by atoms with Gasteiger partial charge in [-0.2, -0.15) is 11.8 Å². The highest BCUT2D eigenvalue weighted by molar-refractivity contribution is 9.10. The molecule has 0 saturated carbocycles. The predicted octanol–water partition coefficient (Wildman–Crippen LogP) is 3.27. The molecule has 1 aromatic carbocycles. The van der Waals surface area contributed by atoms with Gasteiger partial charge >= 0.3 is 0 Å². The maximum atomic E-state index is 12.3. The zero-order valence-electron chi connectivity index (χ0n) is 12.1. The highest BCUT2D eigenvalue weighted by Gasteiger charge is 2.20. The molecule has 1 N–H and O–H groups in total. The van der Waals surface area contributed by atoms with Gasteiger partial charge in [-0.05, 0) is 18.2 Å². The van der Waals surface area contributed by atoms with Crippen molar-refractivity contribution < 1.29 is 13.2 Å². The molecule has 0 amide bonds. The van der Waals surface area contributed by atoms with Gasteiger partial charge in [0.25, 0.3) is 0 Å². The van der Waals surface area contributed by atoms with Gasteiger partial charge < -0.3 is 4.74 Å². The molecule has 4 nitrogen and oxygen atoms in total. The quantitative estimate of drug-likeness (QED) is 0.768. The monoisotopic (exact) mass is 381 g/mol. The average molecular weight is 382 g/mol. The average Bonchev–Trinajstić information content (AvgIpc) is 2.33. The lowest BCUT2D eigenvalue weighted by atomic mass is 10.3. The molecule has 114 valence electrons. The number of ether oxygens (including phenoxy) is 1. The SMILES string of the molecule is COc1ccc(Br)cc1S(=O)(=O)NCCSC(C)(C)C. The summed E-state index contributed by atoms with van der Waals surface area (Å²) in [6.45, 7) is 6.69. The zero-order valence-corrected chi connectivity index (χ0v) is 15.3. The predicted molar refractivity (Wildman–Crippen MR) is 88.1 cm³/mol. The van der Waals surface area contributed by atoms with Gasteiger partial charge in [0.15, 0.2) is 0 Å². The number of hydrogen-bond acceptors (Lipinski definition) is 4. The standard InChI is InChI=1S/C13H20BrNO3S2/c1-13(2,3)19-8-7-15-20(16,17)12-9-10(14)5-6-11(12)18-4/h5-6,9,15H,7-8H2,1-4H3. The van der Waals surface area contributed by atoms with E-state index in [-0.39, 0.29) is 9.64 Å². The number of thioether (sulfide) groups is 1. The van der Waals surface area contributed by atoms with Crippen LogP contribution in [0.3, 0.4) is 0 Å². The van der Waals surface area contributed by atoms with E-state index in [1.165, 1.54) is 13.2 Å². The van der Waals surface area contributed by atoms with Crippen LogP contribution in [0.4, 0.5) is 0 Å². The summed E-state index contributed by atoms with van der Waals surface area (Å²) >= 11 is 4.99. The lowest BCUT2D eigenvalue weighted by Crippen LogP contribution is -2.27. The molecule has 0 unspecified atom stereocenters. The number of halogens is 1. The molecule has 1 rings (SSSR count). The topological polar surface area (TPSA) is 55.4 Å². The summed E-state index contributed by atoms with van der Waals surface area (Å²) in [6.07, 6.45) is 0. The Morgan fingerprint density at radius 1 is 1.35 bits per heavy atom. The van der Waals surface area contributed by atoms with E-state index >= 15 is 0 Å². The summed E-state index contributed by atoms with van der Waals surface area (Å²) in [5.74, 6) is 1.06. The van der Waals surface area contributed by atoms with E-state index in [0.717, 1.165) is 5.75 Å². The van der Waals surface area contributed by atoms with Crippen LogP contribution in [0.25, 0.3) is 0 Å². The lowest BCUT2D eigenvalue weighted by molar-refractivity contribution is 0.402. The number of methoxy groups -OCH3 is 1. The number of rotatable bonds is 6. The maximum Gasteiger partial charge on any atom is 0.244 e. The summed E-state index contributed by atoms with van der Waals surface area (Å²) in [7, 11) is -2.11. The molecule has 0 fully saturated rings. The number of benzene rings is 1. The molecule has 0 atom stereocenters. The fraction of sp³-hybridized carbons (Fsp3) is 0.538. The minimum atomic E-state index is -3.56. The zero-order chi connectivity index (χ0) is 15.4. The molecule has 0 spiro atoms. The summed E-state index contributed by atoms with van der Waals surface area (Å²) < 4.78 is 33.1. The first-order valence-corrected chi connectivity index (χ1v) is 9.39. The molecule has 1 aromatic rings. The summed E-state index contributed by atoms with van der Waals surface area (Å²) in [6, 6.07) is 4.91. The van der Waals surface area contributed by atoms with Crippen molar-refractivity contribution in [3.8, 4) is 5.75 Å². The lowest BCUT2D eigenvalue weighted by Gasteiger charge is -2.17. The number of nitrogens with one attached hydrogen (secondary N) is 1. The van der Waals surface area contributed by atoms with E-state index in [0.29, 0.717) is 16.8 Å². The van der Waals surface area contributed by atoms with E-state index in [2.05, 4.69) is 41.4 Å². The smallest absolute Gasteiger partial charge is 0.244 e. The molecule has 0 aliphatic rings. The van der Waals surface area contributed by atoms with Crippen LogP contribution in [0.2, 0.25) is 0 Å². The van der Waals surface area contributed by atoms with Crippen LogP contribution in [0.15, 0.2) is 27.6 Å². The van der Waals surface area contributed by atoms with Gasteiger partial charge in [0.05, 0.1) is 7.11 Å². The molecular formula is C13H20BrNO3S2. The van der Waals surface area contributed by atoms with Crippen molar-refractivity contribution in [1.82, 2.24) is 4.72 Å². The fourth-order valence-corrected chi connectivity index (χ4v) is 4.15. The van der Waals surface area contributed by atoms with E-state index in [4.69, 9.17) is 4.74 Å². The Hall–Kier alpha value is -0.240. The van der Waals surface area contributed by atoms with Gasteiger partial charge in [-0.3, -0.25) is 0 Å². The second kappa shape index (κ2) is 7.15. The second-order valence-corrected chi connectivity index (χ2v) is 9.73. The van der Waals surface area contributed by atoms with Gasteiger partial charge in [-0.25, -0.2) is 13.1 Å². The van der Waals surface area contributed by atoms with Crippen molar-refractivity contribution in [1.29, 1.82) is 0 Å². The Balaban J connectivity index is 2.77. The first-order valence-electron chi connectivity index (χ1n) is 6.13. The highest BCUT2D eigenvalue weighted by atomic mass is 79.9. The van der Waals surface area contributed by atoms with Crippen molar-refractivity contribution in [3.05, 3.63) is 22.7 Å². The first-order chi connectivity index (χ1) is 9.15. The highest BCUT2D eigenvalue weighted by Crippen LogP contribution is 2.27. The summed E-state index contributed by atoms with van der Waals surface area (Å²) in [4.78, 5) is 0.148. The number of sulfonamides is 1.